The number of aromatic nitrogens is 3. The average Bonchev–Trinajstić information content (AvgIpc) is 3.26. The number of rotatable bonds is 5. The smallest absolute Gasteiger partial charge is 0.358 e. The molecule has 8 heteroatoms. The van der Waals surface area contributed by atoms with Crippen LogP contribution in [-0.2, 0) is 4.79 Å². The monoisotopic (exact) mass is 318 g/mol. The van der Waals surface area contributed by atoms with Crippen molar-refractivity contribution in [2.24, 2.45) is 0 Å². The number of amides is 1. The molecule has 1 aliphatic carbocycles. The van der Waals surface area contributed by atoms with Crippen LogP contribution in [0.2, 0.25) is 0 Å². The van der Waals surface area contributed by atoms with E-state index >= 15 is 0 Å². The fraction of sp³-hybridized carbons (Fsp3) is 0.333. The molecule has 0 aliphatic heterocycles. The maximum atomic E-state index is 12.9. The quantitative estimate of drug-likeness (QED) is 0.881. The molecule has 3 rings (SSSR count). The van der Waals surface area contributed by atoms with Gasteiger partial charge in [0.25, 0.3) is 0 Å². The molecule has 1 heterocycles. The van der Waals surface area contributed by atoms with Gasteiger partial charge in [0, 0.05) is 11.6 Å². The van der Waals surface area contributed by atoms with E-state index in [1.165, 1.54) is 28.9 Å². The molecule has 0 bridgehead atoms. The number of hydrogen-bond acceptors (Lipinski definition) is 4. The Hall–Kier alpha value is -2.77. The van der Waals surface area contributed by atoms with E-state index in [1.54, 1.807) is 6.92 Å². The molecule has 120 valence electrons. The number of benzene rings is 1. The van der Waals surface area contributed by atoms with E-state index < -0.39 is 17.8 Å². The van der Waals surface area contributed by atoms with Crippen LogP contribution in [0.4, 0.5) is 10.1 Å². The Balaban J connectivity index is 1.82. The Labute approximate surface area is 131 Å². The summed E-state index contributed by atoms with van der Waals surface area (Å²) in [6.45, 7) is 1.62. The van der Waals surface area contributed by atoms with Gasteiger partial charge in [-0.05, 0) is 44.0 Å². The van der Waals surface area contributed by atoms with Gasteiger partial charge in [-0.1, -0.05) is 5.21 Å². The molecule has 1 saturated carbocycles. The molecule has 0 spiro atoms. The molecule has 2 aromatic rings. The van der Waals surface area contributed by atoms with Crippen molar-refractivity contribution >= 4 is 17.6 Å². The minimum absolute atomic E-state index is 0.0807. The SMILES string of the molecule is CC(C(=O)Nc1ccc(F)cc1)n1nnc(C(=O)O)c1C1CC1. The van der Waals surface area contributed by atoms with E-state index in [1.807, 2.05) is 0 Å². The summed E-state index contributed by atoms with van der Waals surface area (Å²) in [7, 11) is 0. The fourth-order valence-corrected chi connectivity index (χ4v) is 2.37. The summed E-state index contributed by atoms with van der Waals surface area (Å²) < 4.78 is 14.2. The number of carboxylic acid groups (broad SMARTS) is 1. The van der Waals surface area contributed by atoms with Crippen molar-refractivity contribution in [2.75, 3.05) is 5.32 Å². The van der Waals surface area contributed by atoms with Crippen molar-refractivity contribution in [3.05, 3.63) is 41.5 Å². The van der Waals surface area contributed by atoms with Crippen LogP contribution in [0.25, 0.3) is 0 Å². The first kappa shape index (κ1) is 15.1. The molecule has 2 N–H and O–H groups in total. The molecule has 0 saturated heterocycles. The first-order valence-corrected chi connectivity index (χ1v) is 7.22. The molecule has 0 radical (unpaired) electrons. The molecule has 1 unspecified atom stereocenters. The van der Waals surface area contributed by atoms with E-state index in [-0.39, 0.29) is 17.5 Å². The third-order valence-electron chi connectivity index (χ3n) is 3.76. The summed E-state index contributed by atoms with van der Waals surface area (Å²) in [6.07, 6.45) is 1.72. The first-order valence-electron chi connectivity index (χ1n) is 7.22. The predicted octanol–water partition coefficient (Wildman–Crippen LogP) is 2.19. The minimum atomic E-state index is -1.15. The number of aromatic carboxylic acids is 1. The van der Waals surface area contributed by atoms with E-state index in [0.717, 1.165) is 12.8 Å². The van der Waals surface area contributed by atoms with Crippen LogP contribution in [0.3, 0.4) is 0 Å². The number of carboxylic acids is 1. The van der Waals surface area contributed by atoms with Crippen molar-refractivity contribution in [1.29, 1.82) is 0 Å². The summed E-state index contributed by atoms with van der Waals surface area (Å²) in [5.41, 5.74) is 0.836. The third-order valence-corrected chi connectivity index (χ3v) is 3.76. The standard InChI is InChI=1S/C15H15FN4O3/c1-8(14(21)17-11-6-4-10(16)5-7-11)20-13(9-2-3-9)12(15(22)23)18-19-20/h4-9H,2-3H2,1H3,(H,17,21)(H,22,23). The number of hydrogen-bond donors (Lipinski definition) is 2. The van der Waals surface area contributed by atoms with Crippen LogP contribution in [0, 0.1) is 5.82 Å². The van der Waals surface area contributed by atoms with Crippen LogP contribution in [0.15, 0.2) is 24.3 Å². The van der Waals surface area contributed by atoms with Gasteiger partial charge >= 0.3 is 5.97 Å². The molecule has 23 heavy (non-hydrogen) atoms. The molecule has 1 amide bonds. The summed E-state index contributed by atoms with van der Waals surface area (Å²) >= 11 is 0. The second-order valence-electron chi connectivity index (χ2n) is 5.52. The lowest BCUT2D eigenvalue weighted by Crippen LogP contribution is -2.26. The number of anilines is 1. The zero-order valence-electron chi connectivity index (χ0n) is 12.4. The summed E-state index contributed by atoms with van der Waals surface area (Å²) in [6, 6.07) is 4.66. The van der Waals surface area contributed by atoms with Crippen molar-refractivity contribution in [3.8, 4) is 0 Å². The van der Waals surface area contributed by atoms with Gasteiger partial charge in [0.1, 0.15) is 11.9 Å². The van der Waals surface area contributed by atoms with Gasteiger partial charge < -0.3 is 10.4 Å². The second-order valence-corrected chi connectivity index (χ2v) is 5.52. The highest BCUT2D eigenvalue weighted by atomic mass is 19.1. The number of halogens is 1. The molecule has 7 nitrogen and oxygen atoms in total. The van der Waals surface area contributed by atoms with Gasteiger partial charge in [0.15, 0.2) is 5.69 Å². The van der Waals surface area contributed by atoms with E-state index in [9.17, 15) is 19.1 Å². The highest BCUT2D eigenvalue weighted by Gasteiger charge is 2.36. The largest absolute Gasteiger partial charge is 0.476 e. The van der Waals surface area contributed by atoms with Gasteiger partial charge in [-0.2, -0.15) is 0 Å². The van der Waals surface area contributed by atoms with E-state index in [4.69, 9.17) is 0 Å². The van der Waals surface area contributed by atoms with E-state index in [2.05, 4.69) is 15.6 Å². The molecule has 1 atom stereocenters. The van der Waals surface area contributed by atoms with Gasteiger partial charge in [0.05, 0.1) is 5.69 Å². The van der Waals surface area contributed by atoms with Crippen LogP contribution in [0.1, 0.15) is 47.9 Å². The average molecular weight is 318 g/mol. The Kier molecular flexibility index (Phi) is 3.81. The Morgan fingerprint density at radius 2 is 2.00 bits per heavy atom. The van der Waals surface area contributed by atoms with Crippen LogP contribution in [0.5, 0.6) is 0 Å². The fourth-order valence-electron chi connectivity index (χ4n) is 2.37. The summed E-state index contributed by atoms with van der Waals surface area (Å²) in [5, 5.41) is 19.4. The highest BCUT2D eigenvalue weighted by Crippen LogP contribution is 2.42. The maximum Gasteiger partial charge on any atom is 0.358 e. The Bertz CT molecular complexity index is 753. The van der Waals surface area contributed by atoms with Crippen molar-refractivity contribution < 1.29 is 19.1 Å². The molecular formula is C15H15FN4O3. The van der Waals surface area contributed by atoms with Crippen molar-refractivity contribution in [2.45, 2.75) is 31.7 Å². The van der Waals surface area contributed by atoms with Gasteiger partial charge in [-0.3, -0.25) is 4.79 Å². The summed E-state index contributed by atoms with van der Waals surface area (Å²) in [5.74, 6) is -1.84. The third kappa shape index (κ3) is 3.05. The van der Waals surface area contributed by atoms with Gasteiger partial charge in [0.2, 0.25) is 5.91 Å². The molecular weight excluding hydrogens is 303 g/mol. The van der Waals surface area contributed by atoms with Crippen molar-refractivity contribution in [1.82, 2.24) is 15.0 Å². The van der Waals surface area contributed by atoms with Crippen LogP contribution in [-0.4, -0.2) is 32.0 Å². The highest BCUT2D eigenvalue weighted by molar-refractivity contribution is 5.93. The maximum absolute atomic E-state index is 12.9. The number of carbonyl (C=O) groups is 2. The second kappa shape index (κ2) is 5.79. The number of carbonyl (C=O) groups excluding carboxylic acids is 1. The lowest BCUT2D eigenvalue weighted by atomic mass is 10.2. The van der Waals surface area contributed by atoms with E-state index in [0.29, 0.717) is 11.4 Å². The molecule has 1 aliphatic rings. The minimum Gasteiger partial charge on any atom is -0.476 e. The lowest BCUT2D eigenvalue weighted by Gasteiger charge is -2.15. The molecule has 1 aromatic carbocycles. The zero-order chi connectivity index (χ0) is 16.6. The molecule has 1 aromatic heterocycles. The van der Waals surface area contributed by atoms with Crippen molar-refractivity contribution in [3.63, 3.8) is 0 Å². The summed E-state index contributed by atoms with van der Waals surface area (Å²) in [4.78, 5) is 23.6. The lowest BCUT2D eigenvalue weighted by molar-refractivity contribution is -0.119. The first-order chi connectivity index (χ1) is 11.0. The van der Waals surface area contributed by atoms with Gasteiger partial charge in [-0.25, -0.2) is 13.9 Å². The van der Waals surface area contributed by atoms with Crippen LogP contribution >= 0.6 is 0 Å². The normalized spacial score (nSPS) is 15.2. The number of nitrogens with one attached hydrogen (secondary N) is 1. The zero-order valence-corrected chi connectivity index (χ0v) is 12.4. The Morgan fingerprint density at radius 1 is 1.35 bits per heavy atom. The number of nitrogens with zero attached hydrogens (tertiary/aromatic N) is 3. The Morgan fingerprint density at radius 3 is 2.57 bits per heavy atom. The topological polar surface area (TPSA) is 97.1 Å². The van der Waals surface area contributed by atoms with Gasteiger partial charge in [-0.15, -0.1) is 5.10 Å². The molecule has 1 fully saturated rings. The van der Waals surface area contributed by atoms with Crippen LogP contribution < -0.4 is 5.32 Å². The predicted molar refractivity (Wildman–Crippen MR) is 78.7 cm³/mol.